The Hall–Kier alpha value is -2.94. The molecule has 2 fully saturated rings. The second-order valence-electron chi connectivity index (χ2n) is 13.9. The van der Waals surface area contributed by atoms with Crippen molar-refractivity contribution < 1.29 is 43.7 Å². The molecule has 0 saturated heterocycles. The molecule has 0 aromatic heterocycles. The molecule has 4 aliphatic rings. The lowest BCUT2D eigenvalue weighted by Gasteiger charge is -2.61. The van der Waals surface area contributed by atoms with Crippen LogP contribution in [0.4, 0.5) is 0 Å². The van der Waals surface area contributed by atoms with Crippen LogP contribution in [0.25, 0.3) is 0 Å². The molecule has 0 heterocycles. The van der Waals surface area contributed by atoms with Crippen LogP contribution in [0.3, 0.4) is 0 Å². The van der Waals surface area contributed by atoms with Crippen LogP contribution in [0.5, 0.6) is 0 Å². The van der Waals surface area contributed by atoms with Gasteiger partial charge in [0, 0.05) is 48.0 Å². The van der Waals surface area contributed by atoms with Crippen LogP contribution >= 0.6 is 0 Å². The highest BCUT2D eigenvalue weighted by Gasteiger charge is 2.74. The molecular formula is C32H42O9. The highest BCUT2D eigenvalue weighted by molar-refractivity contribution is 6.09. The zero-order valence-electron chi connectivity index (χ0n) is 25.3. The fourth-order valence-corrected chi connectivity index (χ4v) is 8.84. The lowest BCUT2D eigenvalue weighted by molar-refractivity contribution is -0.174. The molecule has 0 radical (unpaired) electrons. The molecule has 9 nitrogen and oxygen atoms in total. The van der Waals surface area contributed by atoms with Crippen LogP contribution in [0.15, 0.2) is 22.8 Å². The third-order valence-electron chi connectivity index (χ3n) is 11.3. The van der Waals surface area contributed by atoms with Gasteiger partial charge in [-0.1, -0.05) is 40.2 Å². The van der Waals surface area contributed by atoms with E-state index in [-0.39, 0.29) is 43.2 Å². The number of carboxylic acid groups (broad SMARTS) is 1. The number of rotatable bonds is 6. The Morgan fingerprint density at radius 3 is 2.22 bits per heavy atom. The lowest BCUT2D eigenvalue weighted by atomic mass is 9.42. The van der Waals surface area contributed by atoms with E-state index in [1.165, 1.54) is 19.9 Å². The molecule has 224 valence electrons. The highest BCUT2D eigenvalue weighted by Crippen LogP contribution is 2.70. The predicted octanol–water partition coefficient (Wildman–Crippen LogP) is 3.80. The summed E-state index contributed by atoms with van der Waals surface area (Å²) in [5.74, 6) is -4.79. The number of Topliss-reactive ketones (excluding diaryl/α,β-unsaturated/α-hetero) is 3. The zero-order chi connectivity index (χ0) is 31.0. The summed E-state index contributed by atoms with van der Waals surface area (Å²) in [4.78, 5) is 78.2. The minimum atomic E-state index is -1.40. The van der Waals surface area contributed by atoms with Crippen LogP contribution in [0.2, 0.25) is 0 Å². The number of carboxylic acids is 1. The lowest BCUT2D eigenvalue weighted by Crippen LogP contribution is -2.65. The van der Waals surface area contributed by atoms with Crippen molar-refractivity contribution in [3.05, 3.63) is 22.8 Å². The summed E-state index contributed by atoms with van der Waals surface area (Å²) in [6.07, 6.45) is -0.622. The van der Waals surface area contributed by atoms with Gasteiger partial charge in [-0.2, -0.15) is 0 Å². The summed E-state index contributed by atoms with van der Waals surface area (Å²) < 4.78 is 5.78. The minimum Gasteiger partial charge on any atom is -0.481 e. The van der Waals surface area contributed by atoms with Crippen molar-refractivity contribution in [2.24, 2.45) is 39.4 Å². The normalized spacial score (nSPS) is 39.0. The number of ketones is 4. The Bertz CT molecular complexity index is 1320. The molecule has 8 atom stereocenters. The highest BCUT2D eigenvalue weighted by atomic mass is 16.5. The van der Waals surface area contributed by atoms with E-state index in [1.54, 1.807) is 20.8 Å². The number of hydrogen-bond donors (Lipinski definition) is 2. The van der Waals surface area contributed by atoms with Gasteiger partial charge < -0.3 is 14.9 Å². The summed E-state index contributed by atoms with van der Waals surface area (Å²) in [7, 11) is 0. The monoisotopic (exact) mass is 570 g/mol. The zero-order valence-corrected chi connectivity index (χ0v) is 25.3. The summed E-state index contributed by atoms with van der Waals surface area (Å²) in [5, 5.41) is 20.9. The van der Waals surface area contributed by atoms with E-state index >= 15 is 0 Å². The SMILES string of the molecule is CC(=O)O[C@@H]1C(=O)C2=C([C@@H](O)CC3C(C)(C)C(=O)CC[C@]23C)[C@]2(C)C(=O)CC(/C(C)=C\C(=O)CC(C)C(=O)O)[C@@]12C. The summed E-state index contributed by atoms with van der Waals surface area (Å²) in [6, 6.07) is 0. The Labute approximate surface area is 240 Å². The van der Waals surface area contributed by atoms with Crippen LogP contribution < -0.4 is 0 Å². The van der Waals surface area contributed by atoms with Crippen LogP contribution in [0.1, 0.15) is 87.5 Å². The second-order valence-corrected chi connectivity index (χ2v) is 13.9. The topological polar surface area (TPSA) is 152 Å². The van der Waals surface area contributed by atoms with E-state index in [1.807, 2.05) is 20.8 Å². The third kappa shape index (κ3) is 4.21. The first-order valence-corrected chi connectivity index (χ1v) is 14.4. The smallest absolute Gasteiger partial charge is 0.306 e. The minimum absolute atomic E-state index is 0.0459. The van der Waals surface area contributed by atoms with Crippen LogP contribution in [-0.2, 0) is 33.5 Å². The molecule has 0 aliphatic heterocycles. The van der Waals surface area contributed by atoms with Gasteiger partial charge in [-0.3, -0.25) is 28.8 Å². The standard InChI is InChI=1S/C32H42O9/c1-15(11-18(34)12-16(2)28(39)40)19-13-23(37)32(8)24-20(35)14-21-29(4,5)22(36)9-10-30(21,6)25(24)26(38)27(31(19,32)7)41-17(3)33/h11,16,19-21,27,35H,9-10,12-14H2,1-8H3,(H,39,40)/b15-11-/t16?,19?,20-,21?,27+,30-,31-,32-/m0/s1. The molecular weight excluding hydrogens is 528 g/mol. The molecule has 4 aliphatic carbocycles. The van der Waals surface area contributed by atoms with Crippen molar-refractivity contribution in [3.63, 3.8) is 0 Å². The number of ether oxygens (including phenoxy) is 1. The largest absolute Gasteiger partial charge is 0.481 e. The van der Waals surface area contributed by atoms with Gasteiger partial charge in [-0.15, -0.1) is 0 Å². The number of fused-ring (bicyclic) bond motifs is 4. The van der Waals surface area contributed by atoms with Crippen molar-refractivity contribution in [1.82, 2.24) is 0 Å². The maximum absolute atomic E-state index is 14.6. The molecule has 0 amide bonds. The molecule has 9 heteroatoms. The van der Waals surface area contributed by atoms with E-state index in [0.29, 0.717) is 23.1 Å². The van der Waals surface area contributed by atoms with Crippen LogP contribution in [-0.4, -0.2) is 57.5 Å². The van der Waals surface area contributed by atoms with Gasteiger partial charge in [-0.05, 0) is 50.2 Å². The van der Waals surface area contributed by atoms with E-state index < -0.39 is 69.2 Å². The average Bonchev–Trinajstić information content (AvgIpc) is 3.07. The van der Waals surface area contributed by atoms with Gasteiger partial charge in [0.15, 0.2) is 11.9 Å². The van der Waals surface area contributed by atoms with E-state index in [4.69, 9.17) is 4.74 Å². The summed E-state index contributed by atoms with van der Waals surface area (Å²) in [5.41, 5.74) is -3.21. The fourth-order valence-electron chi connectivity index (χ4n) is 8.84. The van der Waals surface area contributed by atoms with E-state index in [2.05, 4.69) is 0 Å². The van der Waals surface area contributed by atoms with Crippen molar-refractivity contribution >= 4 is 35.1 Å². The number of aliphatic hydroxyl groups is 1. The molecule has 41 heavy (non-hydrogen) atoms. The first kappa shape index (κ1) is 31.0. The molecule has 0 aromatic carbocycles. The molecule has 4 rings (SSSR count). The van der Waals surface area contributed by atoms with E-state index in [9.17, 15) is 39.0 Å². The van der Waals surface area contributed by atoms with Gasteiger partial charge in [0.25, 0.3) is 0 Å². The van der Waals surface area contributed by atoms with Gasteiger partial charge in [0.2, 0.25) is 5.78 Å². The predicted molar refractivity (Wildman–Crippen MR) is 147 cm³/mol. The Morgan fingerprint density at radius 1 is 1.05 bits per heavy atom. The maximum atomic E-state index is 14.6. The summed E-state index contributed by atoms with van der Waals surface area (Å²) in [6.45, 7) is 13.3. The molecule has 0 bridgehead atoms. The van der Waals surface area contributed by atoms with Gasteiger partial charge >= 0.3 is 11.9 Å². The first-order chi connectivity index (χ1) is 18.8. The number of carbonyl (C=O) groups is 6. The summed E-state index contributed by atoms with van der Waals surface area (Å²) >= 11 is 0. The van der Waals surface area contributed by atoms with E-state index in [0.717, 1.165) is 0 Å². The number of aliphatic hydroxyl groups excluding tert-OH is 1. The number of allylic oxidation sites excluding steroid dienone is 2. The molecule has 3 unspecified atom stereocenters. The van der Waals surface area contributed by atoms with Crippen molar-refractivity contribution in [2.75, 3.05) is 0 Å². The number of carbonyl (C=O) groups excluding carboxylic acids is 5. The van der Waals surface area contributed by atoms with Crippen molar-refractivity contribution in [1.29, 1.82) is 0 Å². The maximum Gasteiger partial charge on any atom is 0.306 e. The van der Waals surface area contributed by atoms with Crippen molar-refractivity contribution in [3.8, 4) is 0 Å². The third-order valence-corrected chi connectivity index (χ3v) is 11.3. The van der Waals surface area contributed by atoms with Crippen molar-refractivity contribution in [2.45, 2.75) is 99.7 Å². The Kier molecular flexibility index (Phi) is 7.42. The van der Waals surface area contributed by atoms with Gasteiger partial charge in [0.1, 0.15) is 11.6 Å². The number of aliphatic carboxylic acids is 1. The Balaban J connectivity index is 1.94. The Morgan fingerprint density at radius 2 is 1.66 bits per heavy atom. The van der Waals surface area contributed by atoms with Crippen LogP contribution in [0, 0.1) is 39.4 Å². The number of hydrogen-bond acceptors (Lipinski definition) is 8. The number of esters is 1. The first-order valence-electron chi connectivity index (χ1n) is 14.4. The molecule has 2 saturated carbocycles. The fraction of sp³-hybridized carbons (Fsp3) is 0.688. The molecule has 2 N–H and O–H groups in total. The van der Waals surface area contributed by atoms with Gasteiger partial charge in [-0.25, -0.2) is 0 Å². The molecule has 0 spiro atoms. The molecule has 0 aromatic rings. The average molecular weight is 571 g/mol. The van der Waals surface area contributed by atoms with Gasteiger partial charge in [0.05, 0.1) is 17.4 Å². The quantitative estimate of drug-likeness (QED) is 0.359. The second kappa shape index (κ2) is 9.82.